The number of hydrogen-bond acceptors (Lipinski definition) is 4. The van der Waals surface area contributed by atoms with E-state index in [0.29, 0.717) is 25.4 Å². The molecule has 2 aromatic rings. The van der Waals surface area contributed by atoms with Crippen molar-refractivity contribution in [2.45, 2.75) is 12.0 Å². The van der Waals surface area contributed by atoms with Gasteiger partial charge in [0.25, 0.3) is 0 Å². The summed E-state index contributed by atoms with van der Waals surface area (Å²) in [7, 11) is 0. The van der Waals surface area contributed by atoms with E-state index in [1.165, 1.54) is 17.7 Å². The first-order chi connectivity index (χ1) is 12.6. The third kappa shape index (κ3) is 3.00. The zero-order valence-electron chi connectivity index (χ0n) is 14.6. The first kappa shape index (κ1) is 17.5. The van der Waals surface area contributed by atoms with Crippen molar-refractivity contribution in [1.29, 1.82) is 0 Å². The Bertz CT molecular complexity index is 739. The minimum atomic E-state index is -0.448. The van der Waals surface area contributed by atoms with Gasteiger partial charge in [-0.05, 0) is 41.7 Å². The predicted molar refractivity (Wildman–Crippen MR) is 96.5 cm³/mol. The zero-order valence-corrected chi connectivity index (χ0v) is 14.6. The maximum Gasteiger partial charge on any atom is 0.123 e. The molecule has 0 aromatic heterocycles. The number of aliphatic hydroxyl groups is 2. The molecule has 138 valence electrons. The number of β-amino-alcohol motifs (C(OH)–C–C–N with tert-alkyl or cyclic N) is 1. The van der Waals surface area contributed by atoms with Gasteiger partial charge in [0.2, 0.25) is 0 Å². The fourth-order valence-corrected chi connectivity index (χ4v) is 4.65. The summed E-state index contributed by atoms with van der Waals surface area (Å²) < 4.78 is 18.6. The van der Waals surface area contributed by atoms with Gasteiger partial charge in [0.15, 0.2) is 0 Å². The Morgan fingerprint density at radius 1 is 1.12 bits per heavy atom. The highest BCUT2D eigenvalue weighted by atomic mass is 19.1. The molecule has 2 aliphatic rings. The van der Waals surface area contributed by atoms with Crippen molar-refractivity contribution >= 4 is 0 Å². The molecule has 4 nitrogen and oxygen atoms in total. The molecule has 26 heavy (non-hydrogen) atoms. The van der Waals surface area contributed by atoms with E-state index in [-0.39, 0.29) is 29.7 Å². The van der Waals surface area contributed by atoms with Gasteiger partial charge in [-0.25, -0.2) is 4.39 Å². The van der Waals surface area contributed by atoms with Gasteiger partial charge in [-0.3, -0.25) is 4.90 Å². The van der Waals surface area contributed by atoms with E-state index in [2.05, 4.69) is 17.0 Å². The molecule has 1 spiro atoms. The molecule has 2 fully saturated rings. The monoisotopic (exact) mass is 357 g/mol. The second kappa shape index (κ2) is 6.99. The summed E-state index contributed by atoms with van der Waals surface area (Å²) in [5.41, 5.74) is 0.932. The van der Waals surface area contributed by atoms with Crippen LogP contribution >= 0.6 is 0 Å². The lowest BCUT2D eigenvalue weighted by Crippen LogP contribution is -2.27. The Kier molecular flexibility index (Phi) is 4.69. The second-order valence-electron chi connectivity index (χ2n) is 7.34. The molecule has 0 radical (unpaired) electrons. The normalized spacial score (nSPS) is 30.7. The van der Waals surface area contributed by atoms with E-state index in [9.17, 15) is 14.6 Å². The summed E-state index contributed by atoms with van der Waals surface area (Å²) in [4.78, 5) is 2.19. The molecule has 4 atom stereocenters. The van der Waals surface area contributed by atoms with Crippen molar-refractivity contribution in [3.05, 3.63) is 66.0 Å². The van der Waals surface area contributed by atoms with Crippen LogP contribution in [-0.4, -0.2) is 54.1 Å². The summed E-state index contributed by atoms with van der Waals surface area (Å²) in [6.45, 7) is 2.61. The molecule has 5 heteroatoms. The molecule has 1 heterocycles. The Balaban J connectivity index is 1.37. The summed E-state index contributed by atoms with van der Waals surface area (Å²) in [5.74, 6) is 0.662. The van der Waals surface area contributed by atoms with Gasteiger partial charge in [-0.1, -0.05) is 30.3 Å². The highest BCUT2D eigenvalue weighted by Crippen LogP contribution is 2.68. The smallest absolute Gasteiger partial charge is 0.123 e. The maximum absolute atomic E-state index is 12.9. The quantitative estimate of drug-likeness (QED) is 0.833. The van der Waals surface area contributed by atoms with Gasteiger partial charge in [0, 0.05) is 31.7 Å². The van der Waals surface area contributed by atoms with Crippen LogP contribution in [0.25, 0.3) is 0 Å². The molecule has 1 saturated carbocycles. The fraction of sp³-hybridized carbons (Fsp3) is 0.429. The lowest BCUT2D eigenvalue weighted by atomic mass is 9.95. The molecular formula is C21H24FNO3. The zero-order chi connectivity index (χ0) is 18.1. The van der Waals surface area contributed by atoms with Crippen molar-refractivity contribution in [3.63, 3.8) is 0 Å². The number of nitrogens with zero attached hydrogens (tertiary/aromatic N) is 1. The maximum atomic E-state index is 12.9. The predicted octanol–water partition coefficient (Wildman–Crippen LogP) is 2.27. The van der Waals surface area contributed by atoms with Crippen LogP contribution in [0.15, 0.2) is 54.6 Å². The topological polar surface area (TPSA) is 52.9 Å². The minimum Gasteiger partial charge on any atom is -0.492 e. The van der Waals surface area contributed by atoms with Crippen LogP contribution < -0.4 is 4.74 Å². The van der Waals surface area contributed by atoms with Crippen LogP contribution in [0.4, 0.5) is 4.39 Å². The van der Waals surface area contributed by atoms with Crippen molar-refractivity contribution in [2.75, 3.05) is 32.8 Å². The Morgan fingerprint density at radius 2 is 1.85 bits per heavy atom. The fourth-order valence-electron chi connectivity index (χ4n) is 4.65. The molecule has 1 saturated heterocycles. The van der Waals surface area contributed by atoms with Crippen molar-refractivity contribution in [2.24, 2.45) is 11.3 Å². The number of aliphatic hydroxyl groups excluding tert-OH is 2. The number of ether oxygens (including phenoxy) is 1. The lowest BCUT2D eigenvalue weighted by molar-refractivity contribution is 0.111. The van der Waals surface area contributed by atoms with E-state index < -0.39 is 6.10 Å². The number of hydrogen-bond donors (Lipinski definition) is 2. The molecule has 2 aromatic carbocycles. The summed E-state index contributed by atoms with van der Waals surface area (Å²) in [6, 6.07) is 16.1. The van der Waals surface area contributed by atoms with Gasteiger partial charge in [-0.2, -0.15) is 0 Å². The minimum absolute atomic E-state index is 0.0938. The van der Waals surface area contributed by atoms with Crippen LogP contribution in [0.3, 0.4) is 0 Å². The molecule has 0 amide bonds. The highest BCUT2D eigenvalue weighted by Gasteiger charge is 2.70. The number of likely N-dealkylation sites (tertiary alicyclic amines) is 1. The third-order valence-electron chi connectivity index (χ3n) is 5.96. The molecule has 0 unspecified atom stereocenters. The summed E-state index contributed by atoms with van der Waals surface area (Å²) in [6.07, 6.45) is -0.448. The molecule has 4 rings (SSSR count). The van der Waals surface area contributed by atoms with Gasteiger partial charge in [0.1, 0.15) is 18.2 Å². The Labute approximate surface area is 152 Å². The standard InChI is InChI=1S/C21H24FNO3/c22-16-6-8-17(9-7-16)26-11-10-23-12-19(25)21(14-23)18(13-24)20(21)15-4-2-1-3-5-15/h1-9,18-20,24-25H,10-14H2/t18-,19-,20-,21-/m1/s1. The van der Waals surface area contributed by atoms with Crippen molar-refractivity contribution in [3.8, 4) is 5.75 Å². The van der Waals surface area contributed by atoms with Crippen LogP contribution in [0, 0.1) is 17.2 Å². The molecule has 2 N–H and O–H groups in total. The second-order valence-corrected chi connectivity index (χ2v) is 7.34. The van der Waals surface area contributed by atoms with E-state index in [4.69, 9.17) is 4.74 Å². The largest absolute Gasteiger partial charge is 0.492 e. The number of benzene rings is 2. The van der Waals surface area contributed by atoms with E-state index in [1.807, 2.05) is 18.2 Å². The average molecular weight is 357 g/mol. The Hall–Kier alpha value is -1.95. The SMILES string of the molecule is OC[C@@H]1[C@@H](c2ccccc2)[C@]12CN(CCOc1ccc(F)cc1)C[C@H]2O. The van der Waals surface area contributed by atoms with Crippen LogP contribution in [-0.2, 0) is 0 Å². The highest BCUT2D eigenvalue weighted by molar-refractivity contribution is 5.36. The average Bonchev–Trinajstić information content (AvgIpc) is 3.20. The number of halogens is 1. The van der Waals surface area contributed by atoms with Crippen LogP contribution in [0.1, 0.15) is 11.5 Å². The van der Waals surface area contributed by atoms with Gasteiger partial charge in [-0.15, -0.1) is 0 Å². The van der Waals surface area contributed by atoms with Crippen LogP contribution in [0.2, 0.25) is 0 Å². The molecule has 1 aliphatic heterocycles. The van der Waals surface area contributed by atoms with E-state index in [1.54, 1.807) is 12.1 Å². The van der Waals surface area contributed by atoms with Gasteiger partial charge >= 0.3 is 0 Å². The van der Waals surface area contributed by atoms with E-state index >= 15 is 0 Å². The third-order valence-corrected chi connectivity index (χ3v) is 5.96. The summed E-state index contributed by atoms with van der Waals surface area (Å²) in [5, 5.41) is 20.6. The first-order valence-electron chi connectivity index (χ1n) is 9.10. The van der Waals surface area contributed by atoms with Crippen molar-refractivity contribution in [1.82, 2.24) is 4.90 Å². The first-order valence-corrected chi connectivity index (χ1v) is 9.10. The van der Waals surface area contributed by atoms with Crippen molar-refractivity contribution < 1.29 is 19.3 Å². The summed E-state index contributed by atoms with van der Waals surface area (Å²) >= 11 is 0. The molecular weight excluding hydrogens is 333 g/mol. The lowest BCUT2D eigenvalue weighted by Gasteiger charge is -2.17. The van der Waals surface area contributed by atoms with Crippen LogP contribution in [0.5, 0.6) is 5.75 Å². The van der Waals surface area contributed by atoms with E-state index in [0.717, 1.165) is 6.54 Å². The number of rotatable bonds is 6. The van der Waals surface area contributed by atoms with Gasteiger partial charge in [0.05, 0.1) is 6.10 Å². The molecule has 0 bridgehead atoms. The molecule has 1 aliphatic carbocycles. The Morgan fingerprint density at radius 3 is 2.54 bits per heavy atom. The van der Waals surface area contributed by atoms with Gasteiger partial charge < -0.3 is 14.9 Å².